The Kier molecular flexibility index (Phi) is 5.80. The predicted molar refractivity (Wildman–Crippen MR) is 114 cm³/mol. The molecule has 30 heavy (non-hydrogen) atoms. The SMILES string of the molecule is Cn1c(=NC(=O)C2CCN(S(=O)(=O)c3ccc(F)cc3)CC2)sc2cc(Cl)ccc21. The van der Waals surface area contributed by atoms with Crippen LogP contribution < -0.4 is 4.80 Å². The minimum Gasteiger partial charge on any atom is -0.319 e. The first-order valence-corrected chi connectivity index (χ1v) is 12.0. The number of amides is 1. The number of aromatic nitrogens is 1. The molecule has 0 atom stereocenters. The zero-order chi connectivity index (χ0) is 21.5. The molecule has 0 radical (unpaired) electrons. The van der Waals surface area contributed by atoms with Gasteiger partial charge in [0.15, 0.2) is 4.80 Å². The number of sulfonamides is 1. The number of rotatable bonds is 3. The summed E-state index contributed by atoms with van der Waals surface area (Å²) in [6, 6.07) is 10.3. The summed E-state index contributed by atoms with van der Waals surface area (Å²) in [4.78, 5) is 17.6. The van der Waals surface area contributed by atoms with Gasteiger partial charge in [-0.05, 0) is 55.3 Å². The van der Waals surface area contributed by atoms with E-state index in [4.69, 9.17) is 11.6 Å². The normalized spacial score (nSPS) is 17.0. The smallest absolute Gasteiger partial charge is 0.251 e. The average Bonchev–Trinajstić information content (AvgIpc) is 3.03. The molecule has 3 aromatic rings. The van der Waals surface area contributed by atoms with Crippen LogP contribution in [-0.2, 0) is 21.9 Å². The maximum Gasteiger partial charge on any atom is 0.251 e. The van der Waals surface area contributed by atoms with Gasteiger partial charge in [0, 0.05) is 31.1 Å². The third kappa shape index (κ3) is 4.07. The Hall–Kier alpha value is -2.07. The van der Waals surface area contributed by atoms with Gasteiger partial charge < -0.3 is 4.57 Å². The Labute approximate surface area is 182 Å². The average molecular weight is 468 g/mol. The number of carbonyl (C=O) groups is 1. The van der Waals surface area contributed by atoms with Crippen LogP contribution in [0.4, 0.5) is 4.39 Å². The van der Waals surface area contributed by atoms with E-state index in [1.165, 1.54) is 27.8 Å². The number of hydrogen-bond acceptors (Lipinski definition) is 4. The summed E-state index contributed by atoms with van der Waals surface area (Å²) in [7, 11) is -1.86. The minimum absolute atomic E-state index is 0.0503. The third-order valence-electron chi connectivity index (χ3n) is 5.23. The summed E-state index contributed by atoms with van der Waals surface area (Å²) in [5.41, 5.74) is 0.941. The quantitative estimate of drug-likeness (QED) is 0.591. The second kappa shape index (κ2) is 8.22. The lowest BCUT2D eigenvalue weighted by Gasteiger charge is -2.29. The summed E-state index contributed by atoms with van der Waals surface area (Å²) in [6.07, 6.45) is 0.784. The van der Waals surface area contributed by atoms with Crippen molar-refractivity contribution in [2.45, 2.75) is 17.7 Å². The van der Waals surface area contributed by atoms with Crippen molar-refractivity contribution in [2.75, 3.05) is 13.1 Å². The summed E-state index contributed by atoms with van der Waals surface area (Å²) >= 11 is 7.43. The highest BCUT2D eigenvalue weighted by Crippen LogP contribution is 2.25. The van der Waals surface area contributed by atoms with E-state index in [-0.39, 0.29) is 29.8 Å². The van der Waals surface area contributed by atoms with Crippen LogP contribution in [0.5, 0.6) is 0 Å². The molecule has 10 heteroatoms. The van der Waals surface area contributed by atoms with E-state index in [0.29, 0.717) is 22.7 Å². The van der Waals surface area contributed by atoms with Gasteiger partial charge in [0.25, 0.3) is 5.91 Å². The Bertz CT molecular complexity index is 1270. The second-order valence-corrected chi connectivity index (χ2v) is 10.5. The molecule has 1 aliphatic heterocycles. The summed E-state index contributed by atoms with van der Waals surface area (Å²) < 4.78 is 42.7. The van der Waals surface area contributed by atoms with Gasteiger partial charge in [0.05, 0.1) is 15.1 Å². The molecule has 0 aliphatic carbocycles. The number of nitrogens with zero attached hydrogens (tertiary/aromatic N) is 3. The van der Waals surface area contributed by atoms with Crippen molar-refractivity contribution in [2.24, 2.45) is 18.0 Å². The van der Waals surface area contributed by atoms with Crippen LogP contribution in [0.1, 0.15) is 12.8 Å². The van der Waals surface area contributed by atoms with Crippen molar-refractivity contribution in [3.8, 4) is 0 Å². The van der Waals surface area contributed by atoms with Crippen LogP contribution >= 0.6 is 22.9 Å². The lowest BCUT2D eigenvalue weighted by atomic mass is 9.98. The topological polar surface area (TPSA) is 71.7 Å². The van der Waals surface area contributed by atoms with Crippen LogP contribution in [0, 0.1) is 11.7 Å². The van der Waals surface area contributed by atoms with Crippen molar-refractivity contribution in [3.63, 3.8) is 0 Å². The molecule has 2 heterocycles. The molecular formula is C20H19ClFN3O3S2. The molecule has 6 nitrogen and oxygen atoms in total. The van der Waals surface area contributed by atoms with Crippen LogP contribution in [0.2, 0.25) is 5.02 Å². The largest absolute Gasteiger partial charge is 0.319 e. The van der Waals surface area contributed by atoms with E-state index in [2.05, 4.69) is 4.99 Å². The zero-order valence-corrected chi connectivity index (χ0v) is 18.5. The van der Waals surface area contributed by atoms with E-state index in [9.17, 15) is 17.6 Å². The Morgan fingerprint density at radius 1 is 1.17 bits per heavy atom. The summed E-state index contributed by atoms with van der Waals surface area (Å²) in [6.45, 7) is 0.444. The summed E-state index contributed by atoms with van der Waals surface area (Å²) in [5.74, 6) is -1.07. The maximum atomic E-state index is 13.1. The molecular weight excluding hydrogens is 449 g/mol. The molecule has 1 aliphatic rings. The molecule has 2 aromatic carbocycles. The van der Waals surface area contributed by atoms with Crippen LogP contribution in [0.3, 0.4) is 0 Å². The van der Waals surface area contributed by atoms with Gasteiger partial charge in [0.2, 0.25) is 10.0 Å². The predicted octanol–water partition coefficient (Wildman–Crippen LogP) is 3.56. The van der Waals surface area contributed by atoms with Crippen molar-refractivity contribution in [1.82, 2.24) is 8.87 Å². The number of thiazole rings is 1. The lowest BCUT2D eigenvalue weighted by molar-refractivity contribution is -0.122. The van der Waals surface area contributed by atoms with Gasteiger partial charge >= 0.3 is 0 Å². The van der Waals surface area contributed by atoms with Crippen LogP contribution in [0.25, 0.3) is 10.2 Å². The van der Waals surface area contributed by atoms with E-state index >= 15 is 0 Å². The fourth-order valence-electron chi connectivity index (χ4n) is 3.50. The van der Waals surface area contributed by atoms with Gasteiger partial charge in [-0.3, -0.25) is 4.79 Å². The molecule has 1 fully saturated rings. The fraction of sp³-hybridized carbons (Fsp3) is 0.300. The number of hydrogen-bond donors (Lipinski definition) is 0. The molecule has 1 amide bonds. The molecule has 1 saturated heterocycles. The Morgan fingerprint density at radius 2 is 1.83 bits per heavy atom. The number of fused-ring (bicyclic) bond motifs is 1. The lowest BCUT2D eigenvalue weighted by Crippen LogP contribution is -2.40. The Morgan fingerprint density at radius 3 is 2.50 bits per heavy atom. The monoisotopic (exact) mass is 467 g/mol. The van der Waals surface area contributed by atoms with Crippen molar-refractivity contribution in [3.05, 3.63) is 58.1 Å². The van der Waals surface area contributed by atoms with Gasteiger partial charge in [-0.15, -0.1) is 0 Å². The first kappa shape index (κ1) is 21.2. The first-order valence-electron chi connectivity index (χ1n) is 9.35. The summed E-state index contributed by atoms with van der Waals surface area (Å²) in [5, 5.41) is 0.622. The highest BCUT2D eigenvalue weighted by molar-refractivity contribution is 7.89. The van der Waals surface area contributed by atoms with E-state index in [1.807, 2.05) is 23.7 Å². The highest BCUT2D eigenvalue weighted by atomic mass is 35.5. The fourth-order valence-corrected chi connectivity index (χ4v) is 6.27. The van der Waals surface area contributed by atoms with E-state index in [0.717, 1.165) is 22.3 Å². The molecule has 4 rings (SSSR count). The minimum atomic E-state index is -3.70. The standard InChI is InChI=1S/C20H19ClFN3O3S2/c1-24-17-7-2-14(21)12-18(17)29-20(24)23-19(26)13-8-10-25(11-9-13)30(27,28)16-5-3-15(22)4-6-16/h2-7,12-13H,8-11H2,1H3. The van der Waals surface area contributed by atoms with Gasteiger partial charge in [-0.1, -0.05) is 22.9 Å². The molecule has 0 spiro atoms. The van der Waals surface area contributed by atoms with Gasteiger partial charge in [-0.25, -0.2) is 12.8 Å². The van der Waals surface area contributed by atoms with Crippen molar-refractivity contribution in [1.29, 1.82) is 0 Å². The van der Waals surface area contributed by atoms with Gasteiger partial charge in [0.1, 0.15) is 5.82 Å². The zero-order valence-electron chi connectivity index (χ0n) is 16.1. The number of aryl methyl sites for hydroxylation is 1. The van der Waals surface area contributed by atoms with Crippen molar-refractivity contribution >= 4 is 49.1 Å². The molecule has 0 N–H and O–H groups in total. The molecule has 1 aromatic heterocycles. The van der Waals surface area contributed by atoms with Crippen molar-refractivity contribution < 1.29 is 17.6 Å². The van der Waals surface area contributed by atoms with Gasteiger partial charge in [-0.2, -0.15) is 9.30 Å². The second-order valence-electron chi connectivity index (χ2n) is 7.14. The van der Waals surface area contributed by atoms with Crippen LogP contribution in [-0.4, -0.2) is 36.3 Å². The molecule has 0 saturated carbocycles. The van der Waals surface area contributed by atoms with E-state index < -0.39 is 15.8 Å². The molecule has 0 bridgehead atoms. The highest BCUT2D eigenvalue weighted by Gasteiger charge is 2.32. The first-order chi connectivity index (χ1) is 14.3. The molecule has 158 valence electrons. The number of benzene rings is 2. The third-order valence-corrected chi connectivity index (χ3v) is 8.47. The Balaban J connectivity index is 1.49. The molecule has 0 unspecified atom stereocenters. The number of piperidine rings is 1. The van der Waals surface area contributed by atoms with E-state index in [1.54, 1.807) is 6.07 Å². The maximum absolute atomic E-state index is 13.1. The van der Waals surface area contributed by atoms with Crippen LogP contribution in [0.15, 0.2) is 52.4 Å². The number of halogens is 2. The number of carbonyl (C=O) groups excluding carboxylic acids is 1.